The summed E-state index contributed by atoms with van der Waals surface area (Å²) < 4.78 is 7.52. The smallest absolute Gasteiger partial charge is 0.233 e. The zero-order valence-corrected chi connectivity index (χ0v) is 9.88. The van der Waals surface area contributed by atoms with Crippen molar-refractivity contribution in [3.63, 3.8) is 0 Å². The lowest BCUT2D eigenvalue weighted by atomic mass is 10.4. The molecule has 2 aromatic heterocycles. The van der Waals surface area contributed by atoms with E-state index in [0.717, 1.165) is 24.5 Å². The van der Waals surface area contributed by atoms with Crippen molar-refractivity contribution in [2.45, 2.75) is 20.3 Å². The molecule has 98 valence electrons. The predicted octanol–water partition coefficient (Wildman–Crippen LogP) is 2.45. The highest BCUT2D eigenvalue weighted by atomic mass is 16.5. The molecular formula is C14H21N3O. The number of fused-ring (bicyclic) bond motifs is 1. The van der Waals surface area contributed by atoms with Crippen LogP contribution in [0.5, 0.6) is 5.88 Å². The van der Waals surface area contributed by atoms with E-state index in [9.17, 15) is 0 Å². The van der Waals surface area contributed by atoms with Gasteiger partial charge in [0, 0.05) is 18.8 Å². The lowest BCUT2D eigenvalue weighted by Crippen LogP contribution is -2.25. The van der Waals surface area contributed by atoms with Gasteiger partial charge in [0.15, 0.2) is 0 Å². The van der Waals surface area contributed by atoms with Gasteiger partial charge in [0.1, 0.15) is 6.61 Å². The molecule has 0 aromatic carbocycles. The number of aromatic nitrogens is 2. The fourth-order valence-electron chi connectivity index (χ4n) is 2.27. The molecule has 4 nitrogen and oxygen atoms in total. The maximum Gasteiger partial charge on any atom is 0.233 e. The lowest BCUT2D eigenvalue weighted by molar-refractivity contribution is 0.231. The summed E-state index contributed by atoms with van der Waals surface area (Å²) in [6.45, 7) is 4.17. The van der Waals surface area contributed by atoms with Gasteiger partial charge in [-0.25, -0.2) is 4.52 Å². The second kappa shape index (κ2) is 5.87. The van der Waals surface area contributed by atoms with Gasteiger partial charge in [-0.3, -0.25) is 4.90 Å². The molecule has 3 heterocycles. The van der Waals surface area contributed by atoms with Crippen LogP contribution in [0.2, 0.25) is 0 Å². The van der Waals surface area contributed by atoms with Gasteiger partial charge in [-0.2, -0.15) is 0 Å². The molecule has 0 amide bonds. The Kier molecular flexibility index (Phi) is 4.20. The Bertz CT molecular complexity index is 455. The van der Waals surface area contributed by atoms with E-state index in [1.165, 1.54) is 25.9 Å². The second-order valence-electron chi connectivity index (χ2n) is 4.45. The van der Waals surface area contributed by atoms with Crippen LogP contribution in [0.15, 0.2) is 30.5 Å². The van der Waals surface area contributed by atoms with Crippen molar-refractivity contribution >= 4 is 5.52 Å². The van der Waals surface area contributed by atoms with Crippen molar-refractivity contribution in [2.24, 2.45) is 0 Å². The quantitative estimate of drug-likeness (QED) is 0.831. The minimum atomic E-state index is 0. The summed E-state index contributed by atoms with van der Waals surface area (Å²) in [7, 11) is 0. The molecule has 0 saturated carbocycles. The van der Waals surface area contributed by atoms with E-state index in [-0.39, 0.29) is 7.43 Å². The van der Waals surface area contributed by atoms with Gasteiger partial charge in [-0.05, 0) is 38.1 Å². The van der Waals surface area contributed by atoms with Gasteiger partial charge in [0.2, 0.25) is 5.88 Å². The highest BCUT2D eigenvalue weighted by Gasteiger charge is 2.11. The highest BCUT2D eigenvalue weighted by Crippen LogP contribution is 2.13. The molecule has 0 unspecified atom stereocenters. The first kappa shape index (κ1) is 12.9. The Morgan fingerprint density at radius 2 is 2.06 bits per heavy atom. The molecule has 3 rings (SSSR count). The fraction of sp³-hybridized carbons (Fsp3) is 0.500. The maximum absolute atomic E-state index is 5.68. The molecular weight excluding hydrogens is 226 g/mol. The fourth-order valence-corrected chi connectivity index (χ4v) is 2.27. The van der Waals surface area contributed by atoms with E-state index in [0.29, 0.717) is 0 Å². The van der Waals surface area contributed by atoms with Crippen LogP contribution >= 0.6 is 0 Å². The van der Waals surface area contributed by atoms with Crippen LogP contribution in [0.3, 0.4) is 0 Å². The Hall–Kier alpha value is -1.55. The Morgan fingerprint density at radius 1 is 1.22 bits per heavy atom. The van der Waals surface area contributed by atoms with Crippen molar-refractivity contribution in [2.75, 3.05) is 26.2 Å². The van der Waals surface area contributed by atoms with E-state index in [1.807, 2.05) is 35.0 Å². The van der Waals surface area contributed by atoms with Crippen molar-refractivity contribution in [3.8, 4) is 5.88 Å². The summed E-state index contributed by atoms with van der Waals surface area (Å²) in [6.07, 6.45) is 4.59. The summed E-state index contributed by atoms with van der Waals surface area (Å²) in [5.74, 6) is 0.718. The Morgan fingerprint density at radius 3 is 2.83 bits per heavy atom. The van der Waals surface area contributed by atoms with Gasteiger partial charge < -0.3 is 4.74 Å². The van der Waals surface area contributed by atoms with Crippen LogP contribution in [0.1, 0.15) is 20.3 Å². The number of likely N-dealkylation sites (tertiary alicyclic amines) is 1. The zero-order chi connectivity index (χ0) is 11.5. The Balaban J connectivity index is 0.00000120. The number of hydrogen-bond donors (Lipinski definition) is 0. The van der Waals surface area contributed by atoms with E-state index in [2.05, 4.69) is 10.00 Å². The maximum atomic E-state index is 5.68. The highest BCUT2D eigenvalue weighted by molar-refractivity contribution is 5.48. The van der Waals surface area contributed by atoms with E-state index < -0.39 is 0 Å². The minimum absolute atomic E-state index is 0. The van der Waals surface area contributed by atoms with Gasteiger partial charge in [0.05, 0.1) is 5.52 Å². The summed E-state index contributed by atoms with van der Waals surface area (Å²) in [5, 5.41) is 4.35. The van der Waals surface area contributed by atoms with Crippen LogP contribution in [0, 0.1) is 0 Å². The third kappa shape index (κ3) is 2.82. The minimum Gasteiger partial charge on any atom is -0.475 e. The lowest BCUT2D eigenvalue weighted by Gasteiger charge is -2.13. The van der Waals surface area contributed by atoms with Gasteiger partial charge >= 0.3 is 0 Å². The number of hydrogen-bond acceptors (Lipinski definition) is 3. The number of ether oxygens (including phenoxy) is 1. The molecule has 18 heavy (non-hydrogen) atoms. The SMILES string of the molecule is C.c1ccn2nc(OCCN3CCCC3)cc2c1. The molecule has 0 N–H and O–H groups in total. The average molecular weight is 247 g/mol. The zero-order valence-electron chi connectivity index (χ0n) is 9.88. The summed E-state index contributed by atoms with van der Waals surface area (Å²) in [6, 6.07) is 7.98. The Labute approximate surface area is 108 Å². The van der Waals surface area contributed by atoms with Crippen LogP contribution in [-0.4, -0.2) is 40.8 Å². The van der Waals surface area contributed by atoms with Crippen molar-refractivity contribution < 1.29 is 4.74 Å². The summed E-state index contributed by atoms with van der Waals surface area (Å²) >= 11 is 0. The molecule has 1 fully saturated rings. The van der Waals surface area contributed by atoms with Crippen molar-refractivity contribution in [1.82, 2.24) is 14.5 Å². The van der Waals surface area contributed by atoms with Gasteiger partial charge in [-0.1, -0.05) is 13.5 Å². The van der Waals surface area contributed by atoms with Crippen LogP contribution in [-0.2, 0) is 0 Å². The first-order chi connectivity index (χ1) is 8.42. The molecule has 2 aromatic rings. The summed E-state index contributed by atoms with van der Waals surface area (Å²) in [4.78, 5) is 2.44. The molecule has 0 bridgehead atoms. The number of nitrogens with zero attached hydrogens (tertiary/aromatic N) is 3. The monoisotopic (exact) mass is 247 g/mol. The van der Waals surface area contributed by atoms with Crippen LogP contribution < -0.4 is 4.74 Å². The molecule has 0 spiro atoms. The van der Waals surface area contributed by atoms with E-state index in [4.69, 9.17) is 4.74 Å². The van der Waals surface area contributed by atoms with Crippen molar-refractivity contribution in [1.29, 1.82) is 0 Å². The normalized spacial score (nSPS) is 15.8. The summed E-state index contributed by atoms with van der Waals surface area (Å²) in [5.41, 5.74) is 1.07. The molecule has 0 atom stereocenters. The topological polar surface area (TPSA) is 29.8 Å². The largest absolute Gasteiger partial charge is 0.475 e. The van der Waals surface area contributed by atoms with Gasteiger partial charge in [0.25, 0.3) is 0 Å². The molecule has 0 aliphatic carbocycles. The predicted molar refractivity (Wildman–Crippen MR) is 73.1 cm³/mol. The molecule has 4 heteroatoms. The van der Waals surface area contributed by atoms with Gasteiger partial charge in [-0.15, -0.1) is 5.10 Å². The van der Waals surface area contributed by atoms with Crippen LogP contribution in [0.4, 0.5) is 0 Å². The van der Waals surface area contributed by atoms with Crippen LogP contribution in [0.25, 0.3) is 5.52 Å². The molecule has 1 aliphatic heterocycles. The molecule has 1 saturated heterocycles. The number of pyridine rings is 1. The molecule has 1 aliphatic rings. The second-order valence-corrected chi connectivity index (χ2v) is 4.45. The first-order valence-electron chi connectivity index (χ1n) is 6.21. The number of rotatable bonds is 4. The average Bonchev–Trinajstić information content (AvgIpc) is 2.96. The van der Waals surface area contributed by atoms with Crippen molar-refractivity contribution in [3.05, 3.63) is 30.5 Å². The first-order valence-corrected chi connectivity index (χ1v) is 6.21. The van der Waals surface area contributed by atoms with E-state index in [1.54, 1.807) is 0 Å². The standard InChI is InChI=1S/C13H17N3O.CH4/c1-2-8-16-12(5-1)11-13(14-16)17-10-9-15-6-3-4-7-15;/h1-2,5,8,11H,3-4,6-7,9-10H2;1H4. The van der Waals surface area contributed by atoms with E-state index >= 15 is 0 Å². The third-order valence-corrected chi connectivity index (χ3v) is 3.20. The molecule has 0 radical (unpaired) electrons. The third-order valence-electron chi connectivity index (χ3n) is 3.20.